The van der Waals surface area contributed by atoms with E-state index in [4.69, 9.17) is 18.9 Å². The molecule has 0 unspecified atom stereocenters. The van der Waals surface area contributed by atoms with E-state index in [1.807, 2.05) is 24.3 Å². The quantitative estimate of drug-likeness (QED) is 0.172. The van der Waals surface area contributed by atoms with Crippen LogP contribution in [0.1, 0.15) is 0 Å². The second-order valence-electron chi connectivity index (χ2n) is 13.9. The fraction of sp³-hybridized carbons (Fsp3) is 0.0833. The van der Waals surface area contributed by atoms with Crippen LogP contribution in [0.4, 0.5) is 34.1 Å². The van der Waals surface area contributed by atoms with Crippen LogP contribution in [-0.4, -0.2) is 26.4 Å². The van der Waals surface area contributed by atoms with Gasteiger partial charge in [-0.05, 0) is 141 Å². The van der Waals surface area contributed by atoms with Crippen molar-refractivity contribution in [1.29, 1.82) is 0 Å². The first kappa shape index (κ1) is 30.7. The average molecular weight is 703 g/mol. The highest BCUT2D eigenvalue weighted by atomic mass is 16.6. The number of anilines is 6. The first-order valence-corrected chi connectivity index (χ1v) is 18.4. The van der Waals surface area contributed by atoms with Crippen LogP contribution in [0.25, 0.3) is 43.8 Å². The number of para-hydroxylation sites is 2. The molecule has 2 heterocycles. The molecule has 6 nitrogen and oxygen atoms in total. The lowest BCUT2D eigenvalue weighted by molar-refractivity contribution is 0.171. The summed E-state index contributed by atoms with van der Waals surface area (Å²) < 4.78 is 23.6. The lowest BCUT2D eigenvalue weighted by Crippen LogP contribution is -2.16. The number of benzene rings is 8. The summed E-state index contributed by atoms with van der Waals surface area (Å²) in [5, 5.41) is 4.81. The molecule has 0 N–H and O–H groups in total. The zero-order valence-electron chi connectivity index (χ0n) is 29.4. The van der Waals surface area contributed by atoms with Gasteiger partial charge in [0.05, 0.1) is 11.4 Å². The lowest BCUT2D eigenvalue weighted by Gasteiger charge is -2.29. The van der Waals surface area contributed by atoms with Crippen molar-refractivity contribution in [1.82, 2.24) is 0 Å². The Balaban J connectivity index is 0.984. The predicted molar refractivity (Wildman–Crippen MR) is 217 cm³/mol. The largest absolute Gasteiger partial charge is 0.486 e. The first-order chi connectivity index (χ1) is 26.7. The van der Waals surface area contributed by atoms with Crippen LogP contribution in [0.5, 0.6) is 23.0 Å². The molecule has 0 saturated carbocycles. The van der Waals surface area contributed by atoms with Gasteiger partial charge in [0, 0.05) is 34.9 Å². The lowest BCUT2D eigenvalue weighted by atomic mass is 9.78. The van der Waals surface area contributed by atoms with E-state index >= 15 is 0 Å². The van der Waals surface area contributed by atoms with E-state index in [2.05, 4.69) is 143 Å². The highest BCUT2D eigenvalue weighted by Crippen LogP contribution is 2.52. The van der Waals surface area contributed by atoms with E-state index in [1.54, 1.807) is 0 Å². The van der Waals surface area contributed by atoms with Gasteiger partial charge in [-0.15, -0.1) is 0 Å². The number of ether oxygens (including phenoxy) is 4. The first-order valence-electron chi connectivity index (χ1n) is 18.4. The smallest absolute Gasteiger partial charge is 0.163 e. The normalized spacial score (nSPS) is 13.5. The molecule has 0 aromatic heterocycles. The molecule has 1 aliphatic carbocycles. The Kier molecular flexibility index (Phi) is 7.02. The molecule has 8 aromatic rings. The maximum atomic E-state index is 5.98. The molecule has 2 aliphatic heterocycles. The number of fused-ring (bicyclic) bond motifs is 8. The van der Waals surface area contributed by atoms with Crippen LogP contribution >= 0.6 is 0 Å². The van der Waals surface area contributed by atoms with Crippen molar-refractivity contribution in [3.8, 4) is 45.3 Å². The number of rotatable bonds is 6. The van der Waals surface area contributed by atoms with Gasteiger partial charge in [-0.1, -0.05) is 48.5 Å². The fourth-order valence-corrected chi connectivity index (χ4v) is 8.07. The van der Waals surface area contributed by atoms with E-state index in [-0.39, 0.29) is 0 Å². The molecule has 0 atom stereocenters. The maximum Gasteiger partial charge on any atom is 0.163 e. The zero-order chi connectivity index (χ0) is 35.6. The topological polar surface area (TPSA) is 43.4 Å². The molecule has 0 fully saturated rings. The Morgan fingerprint density at radius 3 is 1.06 bits per heavy atom. The molecule has 11 rings (SSSR count). The molecular formula is C48H34N2O4. The van der Waals surface area contributed by atoms with E-state index in [0.717, 1.165) is 57.1 Å². The summed E-state index contributed by atoms with van der Waals surface area (Å²) in [5.41, 5.74) is 11.5. The molecule has 8 aromatic carbocycles. The summed E-state index contributed by atoms with van der Waals surface area (Å²) in [4.78, 5) is 4.56. The standard InChI is InChI=1S/C48H34N2O4/c1-3-7-35(8-4-1)49(39-15-17-45-47(29-39)53-21-19-51-45)37-13-11-31-25-41-42-26-32-12-14-38(24-34(32)28-44(42)43(41)27-33(31)23-37)50(36-9-5-2-6-10-36)40-16-18-46-48(30-40)54-22-20-52-46/h1-18,23-30H,19-22H2. The highest BCUT2D eigenvalue weighted by Gasteiger charge is 2.25. The molecule has 0 spiro atoms. The molecule has 3 aliphatic rings. The second kappa shape index (κ2) is 12.3. The van der Waals surface area contributed by atoms with Gasteiger partial charge < -0.3 is 28.7 Å². The fourth-order valence-electron chi connectivity index (χ4n) is 8.07. The molecular weight excluding hydrogens is 669 g/mol. The summed E-state index contributed by atoms with van der Waals surface area (Å²) in [6.07, 6.45) is 0. The minimum atomic E-state index is 0.548. The van der Waals surface area contributed by atoms with Crippen LogP contribution in [-0.2, 0) is 0 Å². The summed E-state index contributed by atoms with van der Waals surface area (Å²) in [5.74, 6) is 3.11. The van der Waals surface area contributed by atoms with Crippen molar-refractivity contribution in [2.75, 3.05) is 36.2 Å². The summed E-state index contributed by atoms with van der Waals surface area (Å²) in [6, 6.07) is 56.2. The van der Waals surface area contributed by atoms with Crippen molar-refractivity contribution in [2.24, 2.45) is 0 Å². The van der Waals surface area contributed by atoms with Crippen LogP contribution in [0, 0.1) is 0 Å². The third kappa shape index (κ3) is 5.10. The van der Waals surface area contributed by atoms with Crippen molar-refractivity contribution >= 4 is 55.7 Å². The van der Waals surface area contributed by atoms with Crippen molar-refractivity contribution in [2.45, 2.75) is 0 Å². The van der Waals surface area contributed by atoms with Crippen molar-refractivity contribution < 1.29 is 18.9 Å². The molecule has 6 heteroatoms. The zero-order valence-corrected chi connectivity index (χ0v) is 29.4. The van der Waals surface area contributed by atoms with Gasteiger partial charge in [-0.2, -0.15) is 0 Å². The van der Waals surface area contributed by atoms with Gasteiger partial charge in [-0.3, -0.25) is 0 Å². The molecule has 0 saturated heterocycles. The van der Waals surface area contributed by atoms with Gasteiger partial charge in [0.25, 0.3) is 0 Å². The SMILES string of the molecule is c1ccc(N(c2ccc3c(c2)OCCO3)c2ccc3cc4c(cc3c2)-c2cc3cc(N(c5ccccc5)c5ccc6c(c5)OCCO6)ccc3cc2-4)cc1. The molecule has 54 heavy (non-hydrogen) atoms. The van der Waals surface area contributed by atoms with Gasteiger partial charge >= 0.3 is 0 Å². The van der Waals surface area contributed by atoms with Crippen LogP contribution in [0.15, 0.2) is 158 Å². The molecule has 0 bridgehead atoms. The van der Waals surface area contributed by atoms with Gasteiger partial charge in [-0.25, -0.2) is 0 Å². The Morgan fingerprint density at radius 1 is 0.278 bits per heavy atom. The monoisotopic (exact) mass is 702 g/mol. The van der Waals surface area contributed by atoms with E-state index in [9.17, 15) is 0 Å². The third-order valence-electron chi connectivity index (χ3n) is 10.6. The van der Waals surface area contributed by atoms with Gasteiger partial charge in [0.2, 0.25) is 0 Å². The third-order valence-corrected chi connectivity index (χ3v) is 10.6. The van der Waals surface area contributed by atoms with Crippen molar-refractivity contribution in [3.63, 3.8) is 0 Å². The number of hydrogen-bond donors (Lipinski definition) is 0. The summed E-state index contributed by atoms with van der Waals surface area (Å²) in [6.45, 7) is 2.23. The number of hydrogen-bond acceptors (Lipinski definition) is 6. The molecule has 0 amide bonds. The minimum absolute atomic E-state index is 0.548. The van der Waals surface area contributed by atoms with Gasteiger partial charge in [0.1, 0.15) is 26.4 Å². The van der Waals surface area contributed by atoms with Gasteiger partial charge in [0.15, 0.2) is 23.0 Å². The van der Waals surface area contributed by atoms with E-state index in [1.165, 1.54) is 43.8 Å². The molecule has 0 radical (unpaired) electrons. The van der Waals surface area contributed by atoms with Crippen LogP contribution < -0.4 is 28.7 Å². The molecule has 260 valence electrons. The summed E-state index contributed by atoms with van der Waals surface area (Å²) >= 11 is 0. The number of nitrogens with zero attached hydrogens (tertiary/aromatic N) is 2. The minimum Gasteiger partial charge on any atom is -0.486 e. The maximum absolute atomic E-state index is 5.98. The Bertz CT molecular complexity index is 2560. The van der Waals surface area contributed by atoms with Crippen LogP contribution in [0.2, 0.25) is 0 Å². The van der Waals surface area contributed by atoms with Crippen molar-refractivity contribution in [3.05, 3.63) is 158 Å². The highest BCUT2D eigenvalue weighted by molar-refractivity contribution is 6.12. The summed E-state index contributed by atoms with van der Waals surface area (Å²) in [7, 11) is 0. The Morgan fingerprint density at radius 2 is 0.630 bits per heavy atom. The predicted octanol–water partition coefficient (Wildman–Crippen LogP) is 12.1. The Hall–Kier alpha value is -6.92. The average Bonchev–Trinajstić information content (AvgIpc) is 3.23. The van der Waals surface area contributed by atoms with Crippen LogP contribution in [0.3, 0.4) is 0 Å². The van der Waals surface area contributed by atoms with E-state index < -0.39 is 0 Å². The second-order valence-corrected chi connectivity index (χ2v) is 13.9. The van der Waals surface area contributed by atoms with E-state index in [0.29, 0.717) is 26.4 Å². The Labute approximate surface area is 312 Å².